The van der Waals surface area contributed by atoms with Gasteiger partial charge in [0.2, 0.25) is 0 Å². The number of hydrogen-bond acceptors (Lipinski definition) is 6. The molecule has 23 heavy (non-hydrogen) atoms. The fraction of sp³-hybridized carbons (Fsp3) is 0.188. The van der Waals surface area contributed by atoms with Gasteiger partial charge in [0.1, 0.15) is 9.71 Å². The number of fused-ring (bicyclic) bond motifs is 2. The molecule has 0 spiro atoms. The monoisotopic (exact) mass is 343 g/mol. The standard InChI is InChI=1S/C16H13N3O2S2/c17-13-12-11(9-5-2-6-22-9)10-7(3-1-4-8(10)20)19-16(12)23-14(13)15(18)21/h2,5-6H,1,3-4,17H2,(H2,18,21). The van der Waals surface area contributed by atoms with Gasteiger partial charge in [-0.1, -0.05) is 6.07 Å². The lowest BCUT2D eigenvalue weighted by Gasteiger charge is -2.18. The van der Waals surface area contributed by atoms with E-state index in [1.165, 1.54) is 11.3 Å². The summed E-state index contributed by atoms with van der Waals surface area (Å²) < 4.78 is 0. The number of amides is 1. The molecule has 3 aromatic heterocycles. The first kappa shape index (κ1) is 14.3. The van der Waals surface area contributed by atoms with Crippen LogP contribution in [-0.2, 0) is 6.42 Å². The summed E-state index contributed by atoms with van der Waals surface area (Å²) in [7, 11) is 0. The molecular weight excluding hydrogens is 330 g/mol. The van der Waals surface area contributed by atoms with Crippen molar-refractivity contribution in [3.8, 4) is 10.4 Å². The molecule has 116 valence electrons. The van der Waals surface area contributed by atoms with E-state index in [1.54, 1.807) is 11.3 Å². The molecule has 1 aliphatic carbocycles. The van der Waals surface area contributed by atoms with Gasteiger partial charge in [-0.2, -0.15) is 0 Å². The molecule has 0 aliphatic heterocycles. The number of nitrogens with zero attached hydrogens (tertiary/aromatic N) is 1. The predicted octanol–water partition coefficient (Wildman–Crippen LogP) is 3.22. The number of rotatable bonds is 2. The van der Waals surface area contributed by atoms with Crippen molar-refractivity contribution >= 4 is 50.3 Å². The van der Waals surface area contributed by atoms with Gasteiger partial charge in [-0.05, 0) is 24.3 Å². The Kier molecular flexibility index (Phi) is 3.21. The van der Waals surface area contributed by atoms with Gasteiger partial charge >= 0.3 is 0 Å². The Bertz CT molecular complexity index is 958. The maximum Gasteiger partial charge on any atom is 0.260 e. The minimum Gasteiger partial charge on any atom is -0.397 e. The van der Waals surface area contributed by atoms with Gasteiger partial charge in [0.15, 0.2) is 5.78 Å². The SMILES string of the molecule is NC(=O)c1sc2nc3c(c(-c4cccs4)c2c1N)C(=O)CCC3. The molecule has 0 aromatic carbocycles. The molecule has 5 nitrogen and oxygen atoms in total. The van der Waals surface area contributed by atoms with Crippen LogP contribution in [0, 0.1) is 0 Å². The molecule has 0 atom stereocenters. The molecule has 0 unspecified atom stereocenters. The van der Waals surface area contributed by atoms with E-state index in [0.29, 0.717) is 32.8 Å². The van der Waals surface area contributed by atoms with Gasteiger partial charge in [-0.25, -0.2) is 4.98 Å². The molecule has 0 fully saturated rings. The Balaban J connectivity index is 2.18. The topological polar surface area (TPSA) is 99.1 Å². The van der Waals surface area contributed by atoms with Gasteiger partial charge in [-0.3, -0.25) is 9.59 Å². The maximum atomic E-state index is 12.5. The fourth-order valence-corrected chi connectivity index (χ4v) is 4.83. The number of aromatic nitrogens is 1. The molecule has 0 saturated carbocycles. The zero-order valence-electron chi connectivity index (χ0n) is 12.1. The number of thiophene rings is 2. The first-order chi connectivity index (χ1) is 11.1. The van der Waals surface area contributed by atoms with Crippen molar-refractivity contribution < 1.29 is 9.59 Å². The lowest BCUT2D eigenvalue weighted by molar-refractivity contribution is 0.0970. The van der Waals surface area contributed by atoms with Gasteiger partial charge in [0.25, 0.3) is 5.91 Å². The Hall–Kier alpha value is -2.25. The molecule has 4 rings (SSSR count). The van der Waals surface area contributed by atoms with Gasteiger partial charge in [0.05, 0.1) is 11.4 Å². The minimum absolute atomic E-state index is 0.0928. The third kappa shape index (κ3) is 2.08. The number of carbonyl (C=O) groups excluding carboxylic acids is 2. The highest BCUT2D eigenvalue weighted by atomic mass is 32.1. The molecule has 1 amide bonds. The summed E-state index contributed by atoms with van der Waals surface area (Å²) in [5.74, 6) is -0.470. The summed E-state index contributed by atoms with van der Waals surface area (Å²) in [5, 5.41) is 2.64. The largest absolute Gasteiger partial charge is 0.397 e. The molecule has 0 radical (unpaired) electrons. The molecular formula is C16H13N3O2S2. The summed E-state index contributed by atoms with van der Waals surface area (Å²) in [6.45, 7) is 0. The zero-order valence-corrected chi connectivity index (χ0v) is 13.7. The van der Waals surface area contributed by atoms with Crippen molar-refractivity contribution in [1.82, 2.24) is 4.98 Å². The van der Waals surface area contributed by atoms with Crippen LogP contribution >= 0.6 is 22.7 Å². The highest BCUT2D eigenvalue weighted by molar-refractivity contribution is 7.21. The normalized spacial score (nSPS) is 14.2. The van der Waals surface area contributed by atoms with Crippen LogP contribution in [0.5, 0.6) is 0 Å². The average Bonchev–Trinajstić information content (AvgIpc) is 3.14. The van der Waals surface area contributed by atoms with E-state index in [4.69, 9.17) is 11.5 Å². The van der Waals surface area contributed by atoms with Crippen LogP contribution in [0.3, 0.4) is 0 Å². The van der Waals surface area contributed by atoms with Gasteiger partial charge in [0, 0.05) is 27.8 Å². The number of Topliss-reactive ketones (excluding diaryl/α,β-unsaturated/α-hetero) is 1. The zero-order chi connectivity index (χ0) is 16.1. The second-order valence-corrected chi connectivity index (χ2v) is 7.40. The van der Waals surface area contributed by atoms with Crippen LogP contribution in [0.1, 0.15) is 38.6 Å². The average molecular weight is 343 g/mol. The van der Waals surface area contributed by atoms with Crippen molar-refractivity contribution in [2.45, 2.75) is 19.3 Å². The summed E-state index contributed by atoms with van der Waals surface area (Å²) in [6.07, 6.45) is 2.09. The van der Waals surface area contributed by atoms with Crippen LogP contribution in [0.15, 0.2) is 17.5 Å². The molecule has 3 aromatic rings. The highest BCUT2D eigenvalue weighted by Gasteiger charge is 2.29. The van der Waals surface area contributed by atoms with Crippen LogP contribution < -0.4 is 11.5 Å². The van der Waals surface area contributed by atoms with Crippen LogP contribution in [-0.4, -0.2) is 16.7 Å². The number of nitrogens with two attached hydrogens (primary N) is 2. The second-order valence-electron chi connectivity index (χ2n) is 5.45. The maximum absolute atomic E-state index is 12.5. The van der Waals surface area contributed by atoms with Crippen molar-refractivity contribution in [2.24, 2.45) is 5.73 Å². The Morgan fingerprint density at radius 1 is 1.26 bits per heavy atom. The number of nitrogen functional groups attached to an aromatic ring is 1. The lowest BCUT2D eigenvalue weighted by atomic mass is 9.89. The third-order valence-corrected chi connectivity index (χ3v) is 6.04. The van der Waals surface area contributed by atoms with E-state index < -0.39 is 5.91 Å². The smallest absolute Gasteiger partial charge is 0.260 e. The Labute approximate surface area is 139 Å². The summed E-state index contributed by atoms with van der Waals surface area (Å²) in [4.78, 5) is 30.7. The highest BCUT2D eigenvalue weighted by Crippen LogP contribution is 2.44. The third-order valence-electron chi connectivity index (χ3n) is 4.04. The number of anilines is 1. The minimum atomic E-state index is -0.563. The first-order valence-electron chi connectivity index (χ1n) is 7.19. The van der Waals surface area contributed by atoms with Crippen LogP contribution in [0.2, 0.25) is 0 Å². The molecule has 0 saturated heterocycles. The van der Waals surface area contributed by atoms with E-state index in [-0.39, 0.29) is 5.78 Å². The predicted molar refractivity (Wildman–Crippen MR) is 93.1 cm³/mol. The van der Waals surface area contributed by atoms with E-state index in [2.05, 4.69) is 4.98 Å². The summed E-state index contributed by atoms with van der Waals surface area (Å²) >= 11 is 2.75. The number of ketones is 1. The van der Waals surface area contributed by atoms with Crippen molar-refractivity contribution in [3.05, 3.63) is 33.6 Å². The van der Waals surface area contributed by atoms with Gasteiger partial charge in [-0.15, -0.1) is 22.7 Å². The summed E-state index contributed by atoms with van der Waals surface area (Å²) in [6, 6.07) is 3.90. The van der Waals surface area contributed by atoms with Gasteiger partial charge < -0.3 is 11.5 Å². The van der Waals surface area contributed by atoms with E-state index in [9.17, 15) is 9.59 Å². The van der Waals surface area contributed by atoms with E-state index >= 15 is 0 Å². The number of primary amides is 1. The number of aryl methyl sites for hydroxylation is 1. The van der Waals surface area contributed by atoms with Crippen molar-refractivity contribution in [2.75, 3.05) is 5.73 Å². The number of hydrogen-bond donors (Lipinski definition) is 2. The molecule has 3 heterocycles. The quantitative estimate of drug-likeness (QED) is 0.746. The number of carbonyl (C=O) groups is 2. The Morgan fingerprint density at radius 3 is 2.78 bits per heavy atom. The Morgan fingerprint density at radius 2 is 2.09 bits per heavy atom. The molecule has 1 aliphatic rings. The second kappa shape index (κ2) is 5.14. The van der Waals surface area contributed by atoms with Crippen molar-refractivity contribution in [3.63, 3.8) is 0 Å². The van der Waals surface area contributed by atoms with E-state index in [1.807, 2.05) is 17.5 Å². The lowest BCUT2D eigenvalue weighted by Crippen LogP contribution is -2.14. The van der Waals surface area contributed by atoms with Crippen LogP contribution in [0.4, 0.5) is 5.69 Å². The van der Waals surface area contributed by atoms with Crippen molar-refractivity contribution in [1.29, 1.82) is 0 Å². The van der Waals surface area contributed by atoms with Crippen LogP contribution in [0.25, 0.3) is 20.7 Å². The fourth-order valence-electron chi connectivity index (χ4n) is 3.07. The number of pyridine rings is 1. The molecule has 7 heteroatoms. The van der Waals surface area contributed by atoms with E-state index in [0.717, 1.165) is 29.0 Å². The molecule has 0 bridgehead atoms. The first-order valence-corrected chi connectivity index (χ1v) is 8.89. The summed E-state index contributed by atoms with van der Waals surface area (Å²) in [5.41, 5.74) is 14.2. The molecule has 4 N–H and O–H groups in total.